The molecule has 4 rings (SSSR count). The summed E-state index contributed by atoms with van der Waals surface area (Å²) in [7, 11) is -3.91. The number of fused-ring (bicyclic) bond motifs is 2. The molecule has 2 aromatic rings. The fraction of sp³-hybridized carbons (Fsp3) is 0.448. The molecule has 0 bridgehead atoms. The Morgan fingerprint density at radius 3 is 0.941 bits per heavy atom. The molecule has 0 atom stereocenters. The summed E-state index contributed by atoms with van der Waals surface area (Å²) < 4.78 is 28.3. The standard InChI is InChI=1S/2C12H14.C3H8.C2H6O3S.Na/c2*1-9-7-11-5-3-4-6-12(11)8-10(9)2;1-3-2;1-2-6(3,4)5;/h2*3-6H,7-8H2,1-2H3;3H2,1-2H3;2H2,1H3,(H,3,4,5);/q;;;;+1/p-1. The zero-order valence-corrected chi connectivity index (χ0v) is 25.3. The minimum atomic E-state index is -3.91. The summed E-state index contributed by atoms with van der Waals surface area (Å²) in [4.78, 5) is 0. The van der Waals surface area contributed by atoms with Gasteiger partial charge in [0.15, 0.2) is 0 Å². The molecule has 0 aliphatic heterocycles. The second-order valence-electron chi connectivity index (χ2n) is 8.92. The van der Waals surface area contributed by atoms with Crippen molar-refractivity contribution in [1.29, 1.82) is 0 Å². The van der Waals surface area contributed by atoms with Crippen LogP contribution in [0.15, 0.2) is 70.8 Å². The van der Waals surface area contributed by atoms with Gasteiger partial charge in [0.2, 0.25) is 0 Å². The van der Waals surface area contributed by atoms with Gasteiger partial charge in [-0.05, 0) is 75.6 Å². The maximum Gasteiger partial charge on any atom is 1.00 e. The van der Waals surface area contributed by atoms with Gasteiger partial charge < -0.3 is 4.55 Å². The van der Waals surface area contributed by atoms with Crippen LogP contribution in [-0.2, 0) is 35.8 Å². The number of rotatable bonds is 1. The van der Waals surface area contributed by atoms with E-state index < -0.39 is 10.1 Å². The van der Waals surface area contributed by atoms with Crippen LogP contribution in [0, 0.1) is 0 Å². The van der Waals surface area contributed by atoms with E-state index in [9.17, 15) is 13.0 Å². The molecule has 0 aromatic heterocycles. The molecule has 0 heterocycles. The van der Waals surface area contributed by atoms with E-state index in [2.05, 4.69) is 90.1 Å². The molecule has 3 nitrogen and oxygen atoms in total. The van der Waals surface area contributed by atoms with Gasteiger partial charge in [-0.15, -0.1) is 0 Å². The molecule has 34 heavy (non-hydrogen) atoms. The molecular weight excluding hydrogens is 451 g/mol. The van der Waals surface area contributed by atoms with Crippen molar-refractivity contribution in [2.24, 2.45) is 0 Å². The maximum absolute atomic E-state index is 9.44. The zero-order chi connectivity index (χ0) is 25.0. The molecular formula is C29H41NaO3S. The average molecular weight is 493 g/mol. The van der Waals surface area contributed by atoms with E-state index in [1.807, 2.05) is 0 Å². The third-order valence-corrected chi connectivity index (χ3v) is 6.58. The minimum Gasteiger partial charge on any atom is -0.748 e. The molecule has 2 aliphatic rings. The molecule has 0 radical (unpaired) electrons. The molecule has 0 amide bonds. The van der Waals surface area contributed by atoms with Crippen molar-refractivity contribution >= 4 is 10.1 Å². The number of hydrogen-bond donors (Lipinski definition) is 0. The molecule has 2 aliphatic carbocycles. The van der Waals surface area contributed by atoms with E-state index in [1.165, 1.54) is 35.6 Å². The Labute approximate surface area is 230 Å². The summed E-state index contributed by atoms with van der Waals surface area (Å²) in [5.74, 6) is -0.312. The van der Waals surface area contributed by atoms with Crippen LogP contribution in [-0.4, -0.2) is 18.7 Å². The zero-order valence-electron chi connectivity index (χ0n) is 22.5. The molecule has 0 N–H and O–H groups in total. The third kappa shape index (κ3) is 12.0. The smallest absolute Gasteiger partial charge is 0.748 e. The number of hydrogen-bond acceptors (Lipinski definition) is 3. The third-order valence-electron chi connectivity index (χ3n) is 5.87. The molecule has 2 aromatic carbocycles. The second kappa shape index (κ2) is 16.5. The van der Waals surface area contributed by atoms with Gasteiger partial charge in [0.05, 0.1) is 10.1 Å². The first-order chi connectivity index (χ1) is 15.5. The van der Waals surface area contributed by atoms with Crippen LogP contribution in [0.3, 0.4) is 0 Å². The Bertz CT molecular complexity index is 931. The van der Waals surface area contributed by atoms with Crippen LogP contribution in [0.4, 0.5) is 0 Å². The average Bonchev–Trinajstić information content (AvgIpc) is 2.76. The van der Waals surface area contributed by atoms with Crippen LogP contribution in [0.25, 0.3) is 0 Å². The summed E-state index contributed by atoms with van der Waals surface area (Å²) in [6.45, 7) is 14.5. The SMILES string of the molecule is CC1=C(C)Cc2ccccc2C1.CC1=C(C)Cc2ccccc2C1.CCC.CCS(=O)(=O)[O-].[Na+]. The quantitative estimate of drug-likeness (QED) is 0.340. The van der Waals surface area contributed by atoms with E-state index in [4.69, 9.17) is 0 Å². The Morgan fingerprint density at radius 2 is 0.794 bits per heavy atom. The largest absolute Gasteiger partial charge is 1.00 e. The molecule has 0 saturated carbocycles. The predicted octanol–water partition coefficient (Wildman–Crippen LogP) is 4.22. The van der Waals surface area contributed by atoms with E-state index in [-0.39, 0.29) is 35.3 Å². The van der Waals surface area contributed by atoms with Crippen LogP contribution in [0.5, 0.6) is 0 Å². The molecule has 182 valence electrons. The van der Waals surface area contributed by atoms with Crippen molar-refractivity contribution < 1.29 is 42.5 Å². The van der Waals surface area contributed by atoms with Crippen LogP contribution in [0.2, 0.25) is 0 Å². The first kappa shape index (κ1) is 32.8. The van der Waals surface area contributed by atoms with Gasteiger partial charge in [-0.2, -0.15) is 0 Å². The summed E-state index contributed by atoms with van der Waals surface area (Å²) in [6.07, 6.45) is 5.87. The van der Waals surface area contributed by atoms with Crippen molar-refractivity contribution in [3.63, 3.8) is 0 Å². The molecule has 0 saturated heterocycles. The normalized spacial score (nSPS) is 14.0. The summed E-state index contributed by atoms with van der Waals surface area (Å²) in [5.41, 5.74) is 12.3. The van der Waals surface area contributed by atoms with Crippen molar-refractivity contribution in [2.75, 3.05) is 5.75 Å². The van der Waals surface area contributed by atoms with Crippen molar-refractivity contribution in [2.45, 2.75) is 80.6 Å². The van der Waals surface area contributed by atoms with Gasteiger partial charge >= 0.3 is 29.6 Å². The van der Waals surface area contributed by atoms with Gasteiger partial charge in [-0.25, -0.2) is 8.42 Å². The van der Waals surface area contributed by atoms with E-state index in [0.29, 0.717) is 0 Å². The fourth-order valence-electron chi connectivity index (χ4n) is 3.55. The van der Waals surface area contributed by atoms with E-state index in [0.717, 1.165) is 25.7 Å². The summed E-state index contributed by atoms with van der Waals surface area (Å²) >= 11 is 0. The van der Waals surface area contributed by atoms with Crippen molar-refractivity contribution in [1.82, 2.24) is 0 Å². The molecule has 5 heteroatoms. The topological polar surface area (TPSA) is 57.2 Å². The number of allylic oxidation sites excluding steroid dienone is 4. The number of benzene rings is 2. The van der Waals surface area contributed by atoms with Gasteiger partial charge in [0.25, 0.3) is 0 Å². The molecule has 0 fully saturated rings. The predicted molar refractivity (Wildman–Crippen MR) is 141 cm³/mol. The summed E-state index contributed by atoms with van der Waals surface area (Å²) in [5, 5.41) is 0. The van der Waals surface area contributed by atoms with Crippen LogP contribution in [0.1, 0.15) is 77.1 Å². The monoisotopic (exact) mass is 492 g/mol. The molecule has 0 unspecified atom stereocenters. The first-order valence-electron chi connectivity index (χ1n) is 11.9. The van der Waals surface area contributed by atoms with Gasteiger partial charge in [0, 0.05) is 5.75 Å². The Balaban J connectivity index is 0.000000470. The van der Waals surface area contributed by atoms with Crippen LogP contribution < -0.4 is 29.6 Å². The second-order valence-corrected chi connectivity index (χ2v) is 10.6. The first-order valence-corrected chi connectivity index (χ1v) is 13.5. The fourth-order valence-corrected chi connectivity index (χ4v) is 3.55. The molecule has 0 spiro atoms. The van der Waals surface area contributed by atoms with Gasteiger partial charge in [-0.1, -0.05) is 98.0 Å². The minimum absolute atomic E-state index is 0. The van der Waals surface area contributed by atoms with Gasteiger partial charge in [-0.3, -0.25) is 0 Å². The van der Waals surface area contributed by atoms with E-state index >= 15 is 0 Å². The maximum atomic E-state index is 9.44. The Kier molecular flexibility index (Phi) is 15.9. The van der Waals surface area contributed by atoms with Gasteiger partial charge in [0.1, 0.15) is 0 Å². The van der Waals surface area contributed by atoms with E-state index in [1.54, 1.807) is 22.3 Å². The van der Waals surface area contributed by atoms with Crippen LogP contribution >= 0.6 is 0 Å². The summed E-state index contributed by atoms with van der Waals surface area (Å²) in [6, 6.07) is 17.5. The Morgan fingerprint density at radius 1 is 0.618 bits per heavy atom. The Hall–Kier alpha value is -1.17. The van der Waals surface area contributed by atoms with Crippen molar-refractivity contribution in [3.8, 4) is 0 Å². The van der Waals surface area contributed by atoms with Crippen molar-refractivity contribution in [3.05, 3.63) is 93.1 Å².